The summed E-state index contributed by atoms with van der Waals surface area (Å²) < 4.78 is 11.5. The van der Waals surface area contributed by atoms with Crippen LogP contribution in [0.25, 0.3) is 0 Å². The molecule has 0 radical (unpaired) electrons. The molecule has 1 unspecified atom stereocenters. The van der Waals surface area contributed by atoms with E-state index < -0.39 is 0 Å². The monoisotopic (exact) mass is 295 g/mol. The molecule has 2 aliphatic heterocycles. The molecule has 20 heavy (non-hydrogen) atoms. The molecule has 2 aliphatic rings. The fraction of sp³-hybridized carbons (Fsp3) is 0.625. The average molecular weight is 296 g/mol. The molecule has 110 valence electrons. The summed E-state index contributed by atoms with van der Waals surface area (Å²) in [5.41, 5.74) is 2.39. The maximum atomic E-state index is 6.19. The highest BCUT2D eigenvalue weighted by Gasteiger charge is 2.28. The number of fused-ring (bicyclic) bond motifs is 1. The van der Waals surface area contributed by atoms with E-state index in [1.165, 1.54) is 11.1 Å². The number of benzene rings is 1. The first-order valence-electron chi connectivity index (χ1n) is 7.35. The first-order valence-corrected chi connectivity index (χ1v) is 7.73. The maximum absolute atomic E-state index is 6.19. The van der Waals surface area contributed by atoms with Gasteiger partial charge in [0.1, 0.15) is 5.75 Å². The quantitative estimate of drug-likeness (QED) is 0.928. The summed E-state index contributed by atoms with van der Waals surface area (Å²) in [5.74, 6) is 1.04. The van der Waals surface area contributed by atoms with Crippen molar-refractivity contribution in [3.8, 4) is 5.75 Å². The van der Waals surface area contributed by atoms with Crippen molar-refractivity contribution in [3.63, 3.8) is 0 Å². The fourth-order valence-corrected chi connectivity index (χ4v) is 3.40. The molecule has 2 heterocycles. The molecule has 1 N–H and O–H groups in total. The van der Waals surface area contributed by atoms with Crippen molar-refractivity contribution in [3.05, 3.63) is 28.3 Å². The van der Waals surface area contributed by atoms with E-state index in [1.54, 1.807) is 0 Å². The molecule has 0 aliphatic carbocycles. The summed E-state index contributed by atoms with van der Waals surface area (Å²) in [6.45, 7) is 6.72. The smallest absolute Gasteiger partial charge is 0.127 e. The molecular weight excluding hydrogens is 274 g/mol. The molecule has 3 nitrogen and oxygen atoms in total. The van der Waals surface area contributed by atoms with E-state index in [1.807, 2.05) is 12.1 Å². The number of nitrogens with one attached hydrogen (secondary N) is 1. The Hall–Kier alpha value is -0.770. The van der Waals surface area contributed by atoms with Crippen molar-refractivity contribution in [2.24, 2.45) is 0 Å². The Labute approximate surface area is 125 Å². The minimum atomic E-state index is -0.0251. The predicted octanol–water partition coefficient (Wildman–Crippen LogP) is 3.32. The molecule has 0 bridgehead atoms. The van der Waals surface area contributed by atoms with Gasteiger partial charge in [0.05, 0.1) is 12.2 Å². The van der Waals surface area contributed by atoms with E-state index in [4.69, 9.17) is 21.1 Å². The van der Waals surface area contributed by atoms with Gasteiger partial charge in [-0.25, -0.2) is 0 Å². The summed E-state index contributed by atoms with van der Waals surface area (Å²) in [5, 5.41) is 4.44. The van der Waals surface area contributed by atoms with Crippen molar-refractivity contribution >= 4 is 11.6 Å². The second kappa shape index (κ2) is 5.55. The lowest BCUT2D eigenvalue weighted by Gasteiger charge is -2.36. The largest absolute Gasteiger partial charge is 0.493 e. The zero-order valence-corrected chi connectivity index (χ0v) is 12.9. The lowest BCUT2D eigenvalue weighted by molar-refractivity contribution is -0.0630. The molecule has 0 amide bonds. The van der Waals surface area contributed by atoms with Crippen molar-refractivity contribution in [2.75, 3.05) is 13.2 Å². The zero-order valence-electron chi connectivity index (χ0n) is 12.2. The van der Waals surface area contributed by atoms with Gasteiger partial charge >= 0.3 is 0 Å². The van der Waals surface area contributed by atoms with Crippen LogP contribution in [0.15, 0.2) is 12.1 Å². The SMILES string of the molecule is CC1(C)CC(NCc2cc(Cl)cc3c2OCC3)CCO1. The lowest BCUT2D eigenvalue weighted by Crippen LogP contribution is -2.43. The Morgan fingerprint density at radius 2 is 2.20 bits per heavy atom. The number of rotatable bonds is 3. The van der Waals surface area contributed by atoms with Crippen LogP contribution in [0.5, 0.6) is 5.75 Å². The van der Waals surface area contributed by atoms with Gasteiger partial charge in [-0.3, -0.25) is 0 Å². The topological polar surface area (TPSA) is 30.5 Å². The van der Waals surface area contributed by atoms with Gasteiger partial charge in [-0.15, -0.1) is 0 Å². The molecule has 0 saturated carbocycles. The van der Waals surface area contributed by atoms with Crippen LogP contribution in [0.3, 0.4) is 0 Å². The van der Waals surface area contributed by atoms with Gasteiger partial charge in [0.15, 0.2) is 0 Å². The summed E-state index contributed by atoms with van der Waals surface area (Å²) >= 11 is 6.19. The van der Waals surface area contributed by atoms with Gasteiger partial charge in [-0.05, 0) is 44.4 Å². The van der Waals surface area contributed by atoms with E-state index in [2.05, 4.69) is 19.2 Å². The van der Waals surface area contributed by atoms with Gasteiger partial charge in [0.25, 0.3) is 0 Å². The normalized spacial score (nSPS) is 24.2. The number of ether oxygens (including phenoxy) is 2. The third kappa shape index (κ3) is 3.11. The highest BCUT2D eigenvalue weighted by Crippen LogP contribution is 2.33. The molecule has 1 saturated heterocycles. The second-order valence-electron chi connectivity index (χ2n) is 6.33. The molecule has 0 aromatic heterocycles. The minimum Gasteiger partial charge on any atom is -0.493 e. The number of hydrogen-bond acceptors (Lipinski definition) is 3. The Morgan fingerprint density at radius 1 is 1.35 bits per heavy atom. The third-order valence-electron chi connectivity index (χ3n) is 4.10. The van der Waals surface area contributed by atoms with Crippen molar-refractivity contribution in [2.45, 2.75) is 51.3 Å². The zero-order chi connectivity index (χ0) is 14.2. The molecule has 1 fully saturated rings. The highest BCUT2D eigenvalue weighted by atomic mass is 35.5. The molecule has 3 rings (SSSR count). The third-order valence-corrected chi connectivity index (χ3v) is 4.32. The van der Waals surface area contributed by atoms with Gasteiger partial charge in [-0.1, -0.05) is 11.6 Å². The van der Waals surface area contributed by atoms with E-state index in [0.717, 1.165) is 49.8 Å². The van der Waals surface area contributed by atoms with Crippen LogP contribution in [0.1, 0.15) is 37.8 Å². The van der Waals surface area contributed by atoms with Crippen LogP contribution >= 0.6 is 11.6 Å². The highest BCUT2D eigenvalue weighted by molar-refractivity contribution is 6.30. The van der Waals surface area contributed by atoms with Gasteiger partial charge < -0.3 is 14.8 Å². The molecular formula is C16H22ClNO2. The van der Waals surface area contributed by atoms with Gasteiger partial charge in [0.2, 0.25) is 0 Å². The lowest BCUT2D eigenvalue weighted by atomic mass is 9.94. The minimum absolute atomic E-state index is 0.0251. The Bertz CT molecular complexity index is 501. The van der Waals surface area contributed by atoms with Crippen LogP contribution in [0.2, 0.25) is 5.02 Å². The molecule has 4 heteroatoms. The maximum Gasteiger partial charge on any atom is 0.127 e. The van der Waals surface area contributed by atoms with Gasteiger partial charge in [0, 0.05) is 36.2 Å². The van der Waals surface area contributed by atoms with E-state index in [-0.39, 0.29) is 5.60 Å². The predicted molar refractivity (Wildman–Crippen MR) is 80.5 cm³/mol. The molecule has 1 atom stereocenters. The molecule has 1 aromatic rings. The average Bonchev–Trinajstić information content (AvgIpc) is 2.82. The van der Waals surface area contributed by atoms with E-state index in [0.29, 0.717) is 6.04 Å². The Balaban J connectivity index is 1.67. The molecule has 0 spiro atoms. The number of halogens is 1. The second-order valence-corrected chi connectivity index (χ2v) is 6.77. The Morgan fingerprint density at radius 3 is 3.00 bits per heavy atom. The standard InChI is InChI=1S/C16H22ClNO2/c1-16(2)9-14(4-6-20-16)18-10-12-8-13(17)7-11-3-5-19-15(11)12/h7-8,14,18H,3-6,9-10H2,1-2H3. The van der Waals surface area contributed by atoms with Crippen LogP contribution < -0.4 is 10.1 Å². The van der Waals surface area contributed by atoms with E-state index >= 15 is 0 Å². The summed E-state index contributed by atoms with van der Waals surface area (Å²) in [4.78, 5) is 0. The number of hydrogen-bond donors (Lipinski definition) is 1. The van der Waals surface area contributed by atoms with Crippen molar-refractivity contribution < 1.29 is 9.47 Å². The van der Waals surface area contributed by atoms with Crippen LogP contribution in [-0.4, -0.2) is 24.9 Å². The first kappa shape index (κ1) is 14.2. The van der Waals surface area contributed by atoms with Gasteiger partial charge in [-0.2, -0.15) is 0 Å². The summed E-state index contributed by atoms with van der Waals surface area (Å²) in [7, 11) is 0. The Kier molecular flexibility index (Phi) is 3.93. The fourth-order valence-electron chi connectivity index (χ4n) is 3.14. The molecule has 1 aromatic carbocycles. The van der Waals surface area contributed by atoms with Crippen LogP contribution in [-0.2, 0) is 17.7 Å². The first-order chi connectivity index (χ1) is 9.53. The van der Waals surface area contributed by atoms with Crippen molar-refractivity contribution in [1.29, 1.82) is 0 Å². The van der Waals surface area contributed by atoms with E-state index in [9.17, 15) is 0 Å². The van der Waals surface area contributed by atoms with Crippen molar-refractivity contribution in [1.82, 2.24) is 5.32 Å². The summed E-state index contributed by atoms with van der Waals surface area (Å²) in [6.07, 6.45) is 3.07. The summed E-state index contributed by atoms with van der Waals surface area (Å²) in [6, 6.07) is 4.53. The van der Waals surface area contributed by atoms with Crippen LogP contribution in [0, 0.1) is 0 Å². The van der Waals surface area contributed by atoms with Crippen LogP contribution in [0.4, 0.5) is 0 Å².